The number of carbonyl (C=O) groups is 1. The van der Waals surface area contributed by atoms with Crippen LogP contribution in [-0.2, 0) is 9.53 Å². The van der Waals surface area contributed by atoms with Gasteiger partial charge in [-0.15, -0.1) is 0 Å². The molecule has 0 spiro atoms. The molecule has 0 bridgehead atoms. The molecule has 0 aliphatic carbocycles. The minimum absolute atomic E-state index is 0.123. The molecule has 5 rings (SSSR count). The maximum Gasteiger partial charge on any atom is 0.231 e. The summed E-state index contributed by atoms with van der Waals surface area (Å²) in [4.78, 5) is 19.6. The maximum atomic E-state index is 13.1. The van der Waals surface area contributed by atoms with E-state index in [-0.39, 0.29) is 18.6 Å². The Bertz CT molecular complexity index is 1060. The second-order valence-electron chi connectivity index (χ2n) is 7.48. The molecule has 0 radical (unpaired) electrons. The van der Waals surface area contributed by atoms with Crippen LogP contribution in [0.1, 0.15) is 29.2 Å². The zero-order valence-corrected chi connectivity index (χ0v) is 16.3. The Hall–Kier alpha value is -3.06. The Morgan fingerprint density at radius 2 is 1.97 bits per heavy atom. The highest BCUT2D eigenvalue weighted by atomic mass is 16.7. The van der Waals surface area contributed by atoms with Gasteiger partial charge in [0, 0.05) is 37.8 Å². The van der Waals surface area contributed by atoms with Crippen LogP contribution in [0.2, 0.25) is 0 Å². The van der Waals surface area contributed by atoms with Crippen LogP contribution in [0.5, 0.6) is 11.5 Å². The normalized spacial score (nSPS) is 16.9. The van der Waals surface area contributed by atoms with Gasteiger partial charge in [0.05, 0.1) is 18.9 Å². The average Bonchev–Trinajstić information content (AvgIpc) is 3.38. The lowest BCUT2D eigenvalue weighted by Crippen LogP contribution is -2.41. The third-order valence-corrected chi connectivity index (χ3v) is 5.60. The molecule has 3 aromatic rings. The molecule has 29 heavy (non-hydrogen) atoms. The molecule has 1 saturated heterocycles. The smallest absolute Gasteiger partial charge is 0.231 e. The summed E-state index contributed by atoms with van der Waals surface area (Å²) in [5.41, 5.74) is 4.03. The predicted molar refractivity (Wildman–Crippen MR) is 106 cm³/mol. The largest absolute Gasteiger partial charge is 0.454 e. The van der Waals surface area contributed by atoms with E-state index in [1.54, 1.807) is 0 Å². The number of aromatic nitrogens is 2. The van der Waals surface area contributed by atoms with Crippen molar-refractivity contribution in [3.8, 4) is 11.5 Å². The highest BCUT2D eigenvalue weighted by molar-refractivity contribution is 5.78. The van der Waals surface area contributed by atoms with Gasteiger partial charge in [0.1, 0.15) is 5.65 Å². The van der Waals surface area contributed by atoms with Crippen LogP contribution in [0.25, 0.3) is 5.65 Å². The van der Waals surface area contributed by atoms with Gasteiger partial charge in [-0.25, -0.2) is 4.98 Å². The van der Waals surface area contributed by atoms with Crippen molar-refractivity contribution in [1.29, 1.82) is 0 Å². The van der Waals surface area contributed by atoms with Crippen LogP contribution in [-0.4, -0.2) is 53.3 Å². The standard InChI is InChI=1S/C22H23N3O4/c1-15-4-5-25-18(13-23-21(25)10-15)17(12-22(26)24-6-8-27-9-7-24)16-2-3-19-20(11-16)29-14-28-19/h2-5,10-11,13,17H,6-9,12,14H2,1H3. The van der Waals surface area contributed by atoms with Crippen molar-refractivity contribution in [3.05, 3.63) is 59.5 Å². The number of imidazole rings is 1. The van der Waals surface area contributed by atoms with Gasteiger partial charge in [0.15, 0.2) is 11.5 Å². The number of morpholine rings is 1. The number of fused-ring (bicyclic) bond motifs is 2. The number of ether oxygens (including phenoxy) is 3. The number of hydrogen-bond donors (Lipinski definition) is 0. The molecule has 1 amide bonds. The van der Waals surface area contributed by atoms with Gasteiger partial charge in [-0.3, -0.25) is 4.79 Å². The lowest BCUT2D eigenvalue weighted by Gasteiger charge is -2.28. The lowest BCUT2D eigenvalue weighted by atomic mass is 9.91. The minimum Gasteiger partial charge on any atom is -0.454 e. The van der Waals surface area contributed by atoms with Gasteiger partial charge in [-0.1, -0.05) is 6.07 Å². The molecule has 150 valence electrons. The molecule has 1 fully saturated rings. The number of amides is 1. The van der Waals surface area contributed by atoms with Crippen LogP contribution < -0.4 is 9.47 Å². The zero-order valence-electron chi connectivity index (χ0n) is 16.3. The van der Waals surface area contributed by atoms with Crippen molar-refractivity contribution >= 4 is 11.6 Å². The first-order valence-corrected chi connectivity index (χ1v) is 9.88. The fraction of sp³-hybridized carbons (Fsp3) is 0.364. The van der Waals surface area contributed by atoms with Crippen LogP contribution in [0.3, 0.4) is 0 Å². The summed E-state index contributed by atoms with van der Waals surface area (Å²) < 4.78 is 18.5. The van der Waals surface area contributed by atoms with Gasteiger partial charge >= 0.3 is 0 Å². The number of aryl methyl sites for hydroxylation is 1. The molecule has 7 heteroatoms. The van der Waals surface area contributed by atoms with Crippen LogP contribution >= 0.6 is 0 Å². The van der Waals surface area contributed by atoms with E-state index in [4.69, 9.17) is 14.2 Å². The van der Waals surface area contributed by atoms with Crippen LogP contribution in [0.15, 0.2) is 42.7 Å². The molecule has 1 aromatic carbocycles. The van der Waals surface area contributed by atoms with E-state index in [2.05, 4.69) is 15.5 Å². The summed E-state index contributed by atoms with van der Waals surface area (Å²) in [6.07, 6.45) is 4.25. The molecule has 4 heterocycles. The van der Waals surface area contributed by atoms with Crippen molar-refractivity contribution < 1.29 is 19.0 Å². The first-order chi connectivity index (χ1) is 14.2. The fourth-order valence-corrected chi connectivity index (χ4v) is 4.00. The summed E-state index contributed by atoms with van der Waals surface area (Å²) in [5.74, 6) is 1.44. The predicted octanol–water partition coefficient (Wildman–Crippen LogP) is 2.75. The summed E-state index contributed by atoms with van der Waals surface area (Å²) >= 11 is 0. The number of benzene rings is 1. The third kappa shape index (κ3) is 3.42. The lowest BCUT2D eigenvalue weighted by molar-refractivity contribution is -0.135. The Labute approximate surface area is 168 Å². The summed E-state index contributed by atoms with van der Waals surface area (Å²) in [5, 5.41) is 0. The SMILES string of the molecule is Cc1ccn2c(C(CC(=O)N3CCOCC3)c3ccc4c(c3)OCO4)cnc2c1. The third-order valence-electron chi connectivity index (χ3n) is 5.60. The van der Waals surface area contributed by atoms with E-state index in [0.717, 1.165) is 34.0 Å². The molecule has 0 saturated carbocycles. The molecule has 1 atom stereocenters. The molecule has 2 aromatic heterocycles. The topological polar surface area (TPSA) is 65.3 Å². The second-order valence-corrected chi connectivity index (χ2v) is 7.48. The number of nitrogens with zero attached hydrogens (tertiary/aromatic N) is 3. The Kier molecular flexibility index (Phi) is 4.60. The zero-order chi connectivity index (χ0) is 19.8. The van der Waals surface area contributed by atoms with Gasteiger partial charge < -0.3 is 23.5 Å². The van der Waals surface area contributed by atoms with Crippen molar-refractivity contribution in [2.45, 2.75) is 19.3 Å². The molecular formula is C22H23N3O4. The maximum absolute atomic E-state index is 13.1. The summed E-state index contributed by atoms with van der Waals surface area (Å²) in [7, 11) is 0. The van der Waals surface area contributed by atoms with Gasteiger partial charge in [0.2, 0.25) is 12.7 Å². The molecule has 1 unspecified atom stereocenters. The van der Waals surface area contributed by atoms with Gasteiger partial charge in [0.25, 0.3) is 0 Å². The van der Waals surface area contributed by atoms with E-state index in [1.807, 2.05) is 48.5 Å². The first kappa shape index (κ1) is 18.0. The fourth-order valence-electron chi connectivity index (χ4n) is 4.00. The minimum atomic E-state index is -0.141. The average molecular weight is 393 g/mol. The number of carbonyl (C=O) groups excluding carboxylic acids is 1. The van der Waals surface area contributed by atoms with Crippen molar-refractivity contribution in [3.63, 3.8) is 0 Å². The van der Waals surface area contributed by atoms with E-state index < -0.39 is 0 Å². The quantitative estimate of drug-likeness (QED) is 0.682. The monoisotopic (exact) mass is 393 g/mol. The molecule has 2 aliphatic heterocycles. The molecule has 0 N–H and O–H groups in total. The number of hydrogen-bond acceptors (Lipinski definition) is 5. The van der Waals surface area contributed by atoms with Crippen molar-refractivity contribution in [2.75, 3.05) is 33.1 Å². The summed E-state index contributed by atoms with van der Waals surface area (Å²) in [6.45, 7) is 4.74. The summed E-state index contributed by atoms with van der Waals surface area (Å²) in [6, 6.07) is 10.0. The van der Waals surface area contributed by atoms with Crippen LogP contribution in [0, 0.1) is 6.92 Å². The van der Waals surface area contributed by atoms with Crippen molar-refractivity contribution in [2.24, 2.45) is 0 Å². The second kappa shape index (κ2) is 7.40. The Morgan fingerprint density at radius 3 is 2.83 bits per heavy atom. The first-order valence-electron chi connectivity index (χ1n) is 9.88. The Morgan fingerprint density at radius 1 is 1.14 bits per heavy atom. The van der Waals surface area contributed by atoms with E-state index in [0.29, 0.717) is 32.7 Å². The highest BCUT2D eigenvalue weighted by Gasteiger charge is 2.27. The number of pyridine rings is 1. The van der Waals surface area contributed by atoms with E-state index >= 15 is 0 Å². The van der Waals surface area contributed by atoms with Crippen LogP contribution in [0.4, 0.5) is 0 Å². The molecular weight excluding hydrogens is 370 g/mol. The van der Waals surface area contributed by atoms with Gasteiger partial charge in [-0.05, 0) is 42.3 Å². The van der Waals surface area contributed by atoms with Crippen molar-refractivity contribution in [1.82, 2.24) is 14.3 Å². The number of rotatable bonds is 4. The Balaban J connectivity index is 1.54. The van der Waals surface area contributed by atoms with E-state index in [1.165, 1.54) is 0 Å². The molecule has 7 nitrogen and oxygen atoms in total. The van der Waals surface area contributed by atoms with Gasteiger partial charge in [-0.2, -0.15) is 0 Å². The molecule has 2 aliphatic rings. The van der Waals surface area contributed by atoms with E-state index in [9.17, 15) is 4.79 Å². The highest BCUT2D eigenvalue weighted by Crippen LogP contribution is 2.38.